The summed E-state index contributed by atoms with van der Waals surface area (Å²) in [5.41, 5.74) is 1.58. The van der Waals surface area contributed by atoms with Crippen LogP contribution in [0.4, 0.5) is 5.69 Å². The van der Waals surface area contributed by atoms with Crippen LogP contribution in [-0.4, -0.2) is 56.6 Å². The quantitative estimate of drug-likeness (QED) is 0.448. The molecule has 0 aromatic heterocycles. The fraction of sp³-hybridized carbons (Fsp3) is 0.360. The van der Waals surface area contributed by atoms with Crippen LogP contribution in [-0.2, 0) is 9.53 Å². The molecule has 0 spiro atoms. The van der Waals surface area contributed by atoms with Gasteiger partial charge in [-0.15, -0.1) is 0 Å². The van der Waals surface area contributed by atoms with Gasteiger partial charge in [-0.05, 0) is 73.1 Å². The molecule has 3 rings (SSSR count). The van der Waals surface area contributed by atoms with Crippen molar-refractivity contribution in [3.8, 4) is 17.2 Å². The highest BCUT2D eigenvalue weighted by Crippen LogP contribution is 2.36. The maximum absolute atomic E-state index is 13.1. The Morgan fingerprint density at radius 3 is 2.45 bits per heavy atom. The lowest BCUT2D eigenvalue weighted by atomic mass is 10.1. The average molecular weight is 471 g/mol. The second kappa shape index (κ2) is 11.8. The van der Waals surface area contributed by atoms with Gasteiger partial charge in [-0.25, -0.2) is 4.99 Å². The van der Waals surface area contributed by atoms with E-state index in [4.69, 9.17) is 18.9 Å². The molecule has 1 aliphatic heterocycles. The Labute approximate surface area is 199 Å². The number of rotatable bonds is 10. The third kappa shape index (κ3) is 6.30. The van der Waals surface area contributed by atoms with Crippen molar-refractivity contribution < 1.29 is 23.7 Å². The third-order valence-corrected chi connectivity index (χ3v) is 6.10. The van der Waals surface area contributed by atoms with E-state index in [1.54, 1.807) is 26.2 Å². The van der Waals surface area contributed by atoms with Crippen molar-refractivity contribution in [1.82, 2.24) is 4.90 Å². The largest absolute Gasteiger partial charge is 0.497 e. The number of carbonyl (C=O) groups is 1. The average Bonchev–Trinajstić information content (AvgIpc) is 3.12. The van der Waals surface area contributed by atoms with Crippen LogP contribution in [0.2, 0.25) is 0 Å². The van der Waals surface area contributed by atoms with Crippen LogP contribution in [0.1, 0.15) is 25.8 Å². The monoisotopic (exact) mass is 470 g/mol. The van der Waals surface area contributed by atoms with E-state index in [1.165, 1.54) is 11.8 Å². The fourth-order valence-corrected chi connectivity index (χ4v) is 4.09. The number of nitrogens with zero attached hydrogens (tertiary/aromatic N) is 2. The van der Waals surface area contributed by atoms with E-state index in [0.29, 0.717) is 34.7 Å². The summed E-state index contributed by atoms with van der Waals surface area (Å²) in [7, 11) is 4.84. The molecule has 176 valence electrons. The second-order valence-corrected chi connectivity index (χ2v) is 8.41. The van der Waals surface area contributed by atoms with Crippen LogP contribution in [0.25, 0.3) is 6.08 Å². The number of carbonyl (C=O) groups excluding carboxylic acids is 1. The summed E-state index contributed by atoms with van der Waals surface area (Å²) in [5, 5.41) is 0.608. The number of amidine groups is 1. The molecule has 33 heavy (non-hydrogen) atoms. The van der Waals surface area contributed by atoms with Gasteiger partial charge in [-0.2, -0.15) is 0 Å². The first-order chi connectivity index (χ1) is 16.0. The van der Waals surface area contributed by atoms with Gasteiger partial charge in [-0.1, -0.05) is 13.0 Å². The van der Waals surface area contributed by atoms with Crippen molar-refractivity contribution in [3.05, 3.63) is 52.9 Å². The number of benzene rings is 2. The van der Waals surface area contributed by atoms with E-state index in [1.807, 2.05) is 55.5 Å². The molecule has 1 amide bonds. The molecule has 0 radical (unpaired) electrons. The molecule has 1 fully saturated rings. The topological polar surface area (TPSA) is 69.6 Å². The van der Waals surface area contributed by atoms with Crippen molar-refractivity contribution in [3.63, 3.8) is 0 Å². The molecule has 0 bridgehead atoms. The smallest absolute Gasteiger partial charge is 0.266 e. The van der Waals surface area contributed by atoms with Crippen molar-refractivity contribution in [2.24, 2.45) is 4.99 Å². The van der Waals surface area contributed by atoms with Crippen LogP contribution < -0.4 is 14.2 Å². The molecule has 2 aromatic carbocycles. The van der Waals surface area contributed by atoms with E-state index >= 15 is 0 Å². The third-order valence-electron chi connectivity index (χ3n) is 5.09. The molecule has 1 aliphatic rings. The highest BCUT2D eigenvalue weighted by atomic mass is 32.2. The van der Waals surface area contributed by atoms with Gasteiger partial charge in [-0.3, -0.25) is 9.69 Å². The molecule has 0 unspecified atom stereocenters. The Hall–Kier alpha value is -2.97. The lowest BCUT2D eigenvalue weighted by Crippen LogP contribution is -2.32. The summed E-state index contributed by atoms with van der Waals surface area (Å²) in [6.07, 6.45) is 2.83. The van der Waals surface area contributed by atoms with E-state index in [2.05, 4.69) is 11.9 Å². The predicted molar refractivity (Wildman–Crippen MR) is 133 cm³/mol. The lowest BCUT2D eigenvalue weighted by Gasteiger charge is -2.16. The van der Waals surface area contributed by atoms with E-state index in [0.717, 1.165) is 23.4 Å². The first-order valence-electron chi connectivity index (χ1n) is 10.8. The number of hydrogen-bond acceptors (Lipinski definition) is 7. The molecule has 1 atom stereocenters. The Kier molecular flexibility index (Phi) is 8.79. The molecule has 1 saturated heterocycles. The van der Waals surface area contributed by atoms with Gasteiger partial charge in [0.2, 0.25) is 0 Å². The fourth-order valence-electron chi connectivity index (χ4n) is 3.06. The summed E-state index contributed by atoms with van der Waals surface area (Å²) < 4.78 is 21.8. The SMILES string of the molecule is CC[C@H](C)Oc1ccc(/C=C2\SC(=Nc3ccc(OC)cc3)N(CCOC)C2=O)cc1OC. The Morgan fingerprint density at radius 1 is 1.06 bits per heavy atom. The summed E-state index contributed by atoms with van der Waals surface area (Å²) in [4.78, 5) is 20.1. The molecule has 2 aromatic rings. The summed E-state index contributed by atoms with van der Waals surface area (Å²) in [5.74, 6) is 1.95. The molecule has 0 saturated carbocycles. The van der Waals surface area contributed by atoms with Gasteiger partial charge >= 0.3 is 0 Å². The van der Waals surface area contributed by atoms with Gasteiger partial charge in [0.25, 0.3) is 5.91 Å². The van der Waals surface area contributed by atoms with E-state index < -0.39 is 0 Å². The summed E-state index contributed by atoms with van der Waals surface area (Å²) in [6.45, 7) is 4.91. The van der Waals surface area contributed by atoms with Crippen LogP contribution >= 0.6 is 11.8 Å². The van der Waals surface area contributed by atoms with Crippen molar-refractivity contribution in [2.75, 3.05) is 34.5 Å². The molecule has 7 nitrogen and oxygen atoms in total. The number of thioether (sulfide) groups is 1. The number of methoxy groups -OCH3 is 3. The van der Waals surface area contributed by atoms with Gasteiger partial charge in [0, 0.05) is 7.11 Å². The minimum Gasteiger partial charge on any atom is -0.497 e. The second-order valence-electron chi connectivity index (χ2n) is 7.40. The zero-order chi connectivity index (χ0) is 23.8. The highest BCUT2D eigenvalue weighted by molar-refractivity contribution is 8.18. The van der Waals surface area contributed by atoms with Crippen LogP contribution in [0.3, 0.4) is 0 Å². The van der Waals surface area contributed by atoms with Gasteiger partial charge in [0.15, 0.2) is 16.7 Å². The Balaban J connectivity index is 1.89. The highest BCUT2D eigenvalue weighted by Gasteiger charge is 2.33. The maximum atomic E-state index is 13.1. The molecular formula is C25H30N2O5S. The van der Waals surface area contributed by atoms with Crippen molar-refractivity contribution in [1.29, 1.82) is 0 Å². The molecule has 1 heterocycles. The zero-order valence-electron chi connectivity index (χ0n) is 19.7. The van der Waals surface area contributed by atoms with Crippen LogP contribution in [0.15, 0.2) is 52.4 Å². The Bertz CT molecular complexity index is 1020. The molecule has 8 heteroatoms. The summed E-state index contributed by atoms with van der Waals surface area (Å²) >= 11 is 1.34. The first-order valence-corrected chi connectivity index (χ1v) is 11.6. The van der Waals surface area contributed by atoms with Gasteiger partial charge < -0.3 is 18.9 Å². The zero-order valence-corrected chi connectivity index (χ0v) is 20.5. The first kappa shape index (κ1) is 24.7. The number of amides is 1. The number of aliphatic imine (C=N–C) groups is 1. The van der Waals surface area contributed by atoms with Gasteiger partial charge in [0.1, 0.15) is 5.75 Å². The van der Waals surface area contributed by atoms with E-state index in [-0.39, 0.29) is 12.0 Å². The maximum Gasteiger partial charge on any atom is 0.266 e. The summed E-state index contributed by atoms with van der Waals surface area (Å²) in [6, 6.07) is 13.0. The van der Waals surface area contributed by atoms with Crippen LogP contribution in [0.5, 0.6) is 17.2 Å². The number of hydrogen-bond donors (Lipinski definition) is 0. The Morgan fingerprint density at radius 2 is 1.82 bits per heavy atom. The normalized spacial score (nSPS) is 17.0. The van der Waals surface area contributed by atoms with Crippen molar-refractivity contribution >= 4 is 34.6 Å². The number of ether oxygens (including phenoxy) is 4. The van der Waals surface area contributed by atoms with E-state index in [9.17, 15) is 4.79 Å². The molecule has 0 N–H and O–H groups in total. The minimum atomic E-state index is -0.108. The molecule has 0 aliphatic carbocycles. The lowest BCUT2D eigenvalue weighted by molar-refractivity contribution is -0.122. The van der Waals surface area contributed by atoms with Crippen molar-refractivity contribution in [2.45, 2.75) is 26.4 Å². The molecular weight excluding hydrogens is 440 g/mol. The minimum absolute atomic E-state index is 0.0844. The van der Waals surface area contributed by atoms with Crippen LogP contribution in [0, 0.1) is 0 Å². The van der Waals surface area contributed by atoms with Gasteiger partial charge in [0.05, 0.1) is 44.1 Å². The standard InChI is InChI=1S/C25H30N2O5S/c1-6-17(2)32-21-12-7-18(15-22(21)31-5)16-23-24(28)27(13-14-29-3)25(33-23)26-19-8-10-20(30-4)11-9-19/h7-12,15-17H,6,13-14H2,1-5H3/b23-16-,26-25?/t17-/m0/s1. The predicted octanol–water partition coefficient (Wildman–Crippen LogP) is 5.13.